The lowest BCUT2D eigenvalue weighted by Gasteiger charge is -2.02. The van der Waals surface area contributed by atoms with Gasteiger partial charge >= 0.3 is 5.97 Å². The standard InChI is InChI=1S/C10H6ClFN2O3/c11-5-1-2-7(6(12)3-5)14-4-8(15)9(13-14)10(16)17/h1-4,15H,(H,16,17). The highest BCUT2D eigenvalue weighted by atomic mass is 35.5. The first-order valence-corrected chi connectivity index (χ1v) is 4.84. The Hall–Kier alpha value is -2.08. The minimum atomic E-state index is -1.39. The van der Waals surface area contributed by atoms with E-state index in [4.69, 9.17) is 16.7 Å². The molecule has 0 atom stereocenters. The number of rotatable bonds is 2. The minimum Gasteiger partial charge on any atom is -0.504 e. The Morgan fingerprint density at radius 1 is 1.47 bits per heavy atom. The number of halogens is 2. The highest BCUT2D eigenvalue weighted by Gasteiger charge is 2.17. The van der Waals surface area contributed by atoms with E-state index >= 15 is 0 Å². The van der Waals surface area contributed by atoms with Gasteiger partial charge in [0.1, 0.15) is 11.5 Å². The SMILES string of the molecule is O=C(O)c1nn(-c2ccc(Cl)cc2F)cc1O. The maximum absolute atomic E-state index is 13.5. The molecule has 2 aromatic rings. The molecule has 0 fully saturated rings. The number of hydrogen-bond donors (Lipinski definition) is 2. The van der Waals surface area contributed by atoms with Crippen LogP contribution in [0.4, 0.5) is 4.39 Å². The van der Waals surface area contributed by atoms with Gasteiger partial charge in [0, 0.05) is 5.02 Å². The fourth-order valence-corrected chi connectivity index (χ4v) is 1.47. The van der Waals surface area contributed by atoms with E-state index in [1.165, 1.54) is 12.1 Å². The zero-order valence-electron chi connectivity index (χ0n) is 8.26. The molecule has 0 aliphatic heterocycles. The van der Waals surface area contributed by atoms with Gasteiger partial charge in [0.15, 0.2) is 5.75 Å². The van der Waals surface area contributed by atoms with Crippen molar-refractivity contribution in [1.82, 2.24) is 9.78 Å². The van der Waals surface area contributed by atoms with Crippen molar-refractivity contribution in [3.63, 3.8) is 0 Å². The summed E-state index contributed by atoms with van der Waals surface area (Å²) in [6, 6.07) is 3.82. The number of aromatic hydroxyl groups is 1. The number of hydrogen-bond acceptors (Lipinski definition) is 3. The van der Waals surface area contributed by atoms with Gasteiger partial charge in [-0.15, -0.1) is 0 Å². The van der Waals surface area contributed by atoms with Crippen molar-refractivity contribution in [3.8, 4) is 11.4 Å². The van der Waals surface area contributed by atoms with Gasteiger partial charge in [-0.2, -0.15) is 5.10 Å². The molecule has 1 heterocycles. The highest BCUT2D eigenvalue weighted by molar-refractivity contribution is 6.30. The second-order valence-corrected chi connectivity index (χ2v) is 3.64. The summed E-state index contributed by atoms with van der Waals surface area (Å²) >= 11 is 5.58. The molecule has 0 saturated carbocycles. The van der Waals surface area contributed by atoms with E-state index in [0.717, 1.165) is 16.9 Å². The van der Waals surface area contributed by atoms with E-state index in [0.29, 0.717) is 0 Å². The molecule has 5 nitrogen and oxygen atoms in total. The lowest BCUT2D eigenvalue weighted by Crippen LogP contribution is -2.02. The smallest absolute Gasteiger partial charge is 0.360 e. The molecule has 7 heteroatoms. The lowest BCUT2D eigenvalue weighted by atomic mass is 10.3. The Balaban J connectivity index is 2.53. The second kappa shape index (κ2) is 4.06. The molecule has 1 aromatic carbocycles. The number of benzene rings is 1. The molecular formula is C10H6ClFN2O3. The lowest BCUT2D eigenvalue weighted by molar-refractivity contribution is 0.0687. The van der Waals surface area contributed by atoms with Crippen LogP contribution in [0.3, 0.4) is 0 Å². The van der Waals surface area contributed by atoms with Crippen molar-refractivity contribution < 1.29 is 19.4 Å². The fourth-order valence-electron chi connectivity index (χ4n) is 1.31. The maximum atomic E-state index is 13.5. The van der Waals surface area contributed by atoms with Crippen molar-refractivity contribution in [2.45, 2.75) is 0 Å². The summed E-state index contributed by atoms with van der Waals surface area (Å²) < 4.78 is 14.4. The number of carboxylic acids is 1. The molecule has 1 aromatic heterocycles. The molecule has 0 bridgehead atoms. The molecule has 0 aliphatic rings. The molecule has 2 rings (SSSR count). The summed E-state index contributed by atoms with van der Waals surface area (Å²) in [6.07, 6.45) is 1.01. The first-order valence-electron chi connectivity index (χ1n) is 4.46. The Labute approximate surface area is 99.7 Å². The van der Waals surface area contributed by atoms with Crippen LogP contribution in [-0.2, 0) is 0 Å². The van der Waals surface area contributed by atoms with E-state index < -0.39 is 23.2 Å². The summed E-state index contributed by atoms with van der Waals surface area (Å²) in [5, 5.41) is 21.7. The number of carbonyl (C=O) groups is 1. The molecule has 0 radical (unpaired) electrons. The second-order valence-electron chi connectivity index (χ2n) is 3.21. The summed E-state index contributed by atoms with van der Waals surface area (Å²) in [6.45, 7) is 0. The van der Waals surface area contributed by atoms with Crippen LogP contribution in [0.15, 0.2) is 24.4 Å². The van der Waals surface area contributed by atoms with Gasteiger partial charge in [-0.25, -0.2) is 13.9 Å². The predicted octanol–water partition coefficient (Wildman–Crippen LogP) is 2.07. The van der Waals surface area contributed by atoms with Crippen LogP contribution in [-0.4, -0.2) is 26.0 Å². The van der Waals surface area contributed by atoms with Gasteiger partial charge in [-0.1, -0.05) is 11.6 Å². The monoisotopic (exact) mass is 256 g/mol. The first-order chi connectivity index (χ1) is 7.99. The summed E-state index contributed by atoms with van der Waals surface area (Å²) in [4.78, 5) is 10.7. The van der Waals surface area contributed by atoms with E-state index in [-0.39, 0.29) is 10.7 Å². The Bertz CT molecular complexity index is 597. The molecule has 0 saturated heterocycles. The number of carboxylic acid groups (broad SMARTS) is 1. The quantitative estimate of drug-likeness (QED) is 0.862. The predicted molar refractivity (Wildman–Crippen MR) is 57.2 cm³/mol. The van der Waals surface area contributed by atoms with Crippen LogP contribution in [0.25, 0.3) is 5.69 Å². The summed E-state index contributed by atoms with van der Waals surface area (Å²) in [5.41, 5.74) is -0.545. The third kappa shape index (κ3) is 2.07. The Morgan fingerprint density at radius 3 is 2.71 bits per heavy atom. The van der Waals surface area contributed by atoms with Crippen molar-refractivity contribution in [2.75, 3.05) is 0 Å². The van der Waals surface area contributed by atoms with Crippen molar-refractivity contribution >= 4 is 17.6 Å². The Morgan fingerprint density at radius 2 is 2.18 bits per heavy atom. The largest absolute Gasteiger partial charge is 0.504 e. The maximum Gasteiger partial charge on any atom is 0.360 e. The molecule has 0 amide bonds. The van der Waals surface area contributed by atoms with Crippen molar-refractivity contribution in [1.29, 1.82) is 0 Å². The van der Waals surface area contributed by atoms with Crippen molar-refractivity contribution in [2.24, 2.45) is 0 Å². The summed E-state index contributed by atoms with van der Waals surface area (Å²) in [7, 11) is 0. The first kappa shape index (κ1) is 11.4. The third-order valence-electron chi connectivity index (χ3n) is 2.05. The van der Waals surface area contributed by atoms with Gasteiger partial charge in [-0.05, 0) is 18.2 Å². The number of aromatic nitrogens is 2. The normalized spacial score (nSPS) is 10.5. The molecule has 17 heavy (non-hydrogen) atoms. The van der Waals surface area contributed by atoms with Gasteiger partial charge < -0.3 is 10.2 Å². The molecule has 2 N–H and O–H groups in total. The van der Waals surface area contributed by atoms with E-state index in [2.05, 4.69) is 5.10 Å². The van der Waals surface area contributed by atoms with Crippen LogP contribution in [0.5, 0.6) is 5.75 Å². The third-order valence-corrected chi connectivity index (χ3v) is 2.29. The summed E-state index contributed by atoms with van der Waals surface area (Å²) in [5.74, 6) is -2.60. The van der Waals surface area contributed by atoms with Crippen LogP contribution in [0.1, 0.15) is 10.5 Å². The van der Waals surface area contributed by atoms with Crippen molar-refractivity contribution in [3.05, 3.63) is 40.9 Å². The molecule has 0 aliphatic carbocycles. The number of nitrogens with zero attached hydrogens (tertiary/aromatic N) is 2. The van der Waals surface area contributed by atoms with Gasteiger partial charge in [0.25, 0.3) is 0 Å². The minimum absolute atomic E-state index is 0.00259. The molecular weight excluding hydrogens is 251 g/mol. The fraction of sp³-hybridized carbons (Fsp3) is 0. The molecule has 0 unspecified atom stereocenters. The Kier molecular flexibility index (Phi) is 2.72. The topological polar surface area (TPSA) is 75.3 Å². The van der Waals surface area contributed by atoms with E-state index in [9.17, 15) is 14.3 Å². The van der Waals surface area contributed by atoms with E-state index in [1.807, 2.05) is 0 Å². The molecule has 0 spiro atoms. The van der Waals surface area contributed by atoms with Crippen LogP contribution >= 0.6 is 11.6 Å². The zero-order valence-corrected chi connectivity index (χ0v) is 9.02. The molecule has 88 valence electrons. The van der Waals surface area contributed by atoms with Gasteiger partial charge in [-0.3, -0.25) is 0 Å². The van der Waals surface area contributed by atoms with Crippen LogP contribution in [0.2, 0.25) is 5.02 Å². The van der Waals surface area contributed by atoms with Gasteiger partial charge in [0.05, 0.1) is 6.20 Å². The van der Waals surface area contributed by atoms with Crippen LogP contribution < -0.4 is 0 Å². The highest BCUT2D eigenvalue weighted by Crippen LogP contribution is 2.21. The average molecular weight is 257 g/mol. The average Bonchev–Trinajstić information content (AvgIpc) is 2.60. The zero-order chi connectivity index (χ0) is 12.6. The van der Waals surface area contributed by atoms with E-state index in [1.54, 1.807) is 0 Å². The number of aromatic carboxylic acids is 1. The van der Waals surface area contributed by atoms with Crippen LogP contribution in [0, 0.1) is 5.82 Å². The van der Waals surface area contributed by atoms with Gasteiger partial charge in [0.2, 0.25) is 5.69 Å².